The summed E-state index contributed by atoms with van der Waals surface area (Å²) in [6, 6.07) is 5.61. The molecule has 0 bridgehead atoms. The summed E-state index contributed by atoms with van der Waals surface area (Å²) in [5, 5.41) is 11.9. The molecule has 1 aliphatic heterocycles. The van der Waals surface area contributed by atoms with Gasteiger partial charge in [0.05, 0.1) is 27.8 Å². The van der Waals surface area contributed by atoms with Crippen molar-refractivity contribution in [2.45, 2.75) is 32.7 Å². The second kappa shape index (κ2) is 7.13. The standard InChI is InChI=1S/C17H20Cl2N4O/c1-10-14(8-17(24)21-12-5-6-20-9-12)11(2)23(22-10)13-3-4-15(18)16(19)7-13/h3-4,7,12,20H,5-6,8-9H2,1-2H3,(H,21,24). The van der Waals surface area contributed by atoms with Crippen LogP contribution in [-0.4, -0.2) is 34.8 Å². The fourth-order valence-corrected chi connectivity index (χ4v) is 3.31. The third kappa shape index (κ3) is 3.58. The van der Waals surface area contributed by atoms with Crippen LogP contribution in [0.1, 0.15) is 23.4 Å². The highest BCUT2D eigenvalue weighted by molar-refractivity contribution is 6.42. The Balaban J connectivity index is 1.80. The number of aromatic nitrogens is 2. The molecule has 1 atom stereocenters. The summed E-state index contributed by atoms with van der Waals surface area (Å²) < 4.78 is 1.80. The van der Waals surface area contributed by atoms with Gasteiger partial charge in [-0.25, -0.2) is 4.68 Å². The molecule has 0 aliphatic carbocycles. The van der Waals surface area contributed by atoms with Gasteiger partial charge in [0, 0.05) is 23.8 Å². The van der Waals surface area contributed by atoms with Crippen molar-refractivity contribution in [3.63, 3.8) is 0 Å². The normalized spacial score (nSPS) is 17.2. The van der Waals surface area contributed by atoms with E-state index >= 15 is 0 Å². The topological polar surface area (TPSA) is 59.0 Å². The summed E-state index contributed by atoms with van der Waals surface area (Å²) in [5.74, 6) is 0.0311. The zero-order valence-electron chi connectivity index (χ0n) is 13.7. The molecule has 2 aromatic rings. The number of halogens is 2. The molecule has 7 heteroatoms. The number of nitrogens with one attached hydrogen (secondary N) is 2. The van der Waals surface area contributed by atoms with Gasteiger partial charge in [-0.05, 0) is 45.0 Å². The van der Waals surface area contributed by atoms with E-state index in [-0.39, 0.29) is 11.9 Å². The van der Waals surface area contributed by atoms with Crippen LogP contribution in [0.3, 0.4) is 0 Å². The van der Waals surface area contributed by atoms with Crippen LogP contribution in [-0.2, 0) is 11.2 Å². The summed E-state index contributed by atoms with van der Waals surface area (Å²) in [4.78, 5) is 12.3. The first kappa shape index (κ1) is 17.3. The number of amides is 1. The Bertz CT molecular complexity index is 766. The second-order valence-electron chi connectivity index (χ2n) is 6.09. The quantitative estimate of drug-likeness (QED) is 0.874. The number of hydrogen-bond donors (Lipinski definition) is 2. The van der Waals surface area contributed by atoms with Crippen molar-refractivity contribution in [3.05, 3.63) is 45.2 Å². The molecule has 1 unspecified atom stereocenters. The minimum atomic E-state index is 0.0311. The molecule has 0 spiro atoms. The lowest BCUT2D eigenvalue weighted by molar-refractivity contribution is -0.121. The number of carbonyl (C=O) groups is 1. The number of carbonyl (C=O) groups excluding carboxylic acids is 1. The fraction of sp³-hybridized carbons (Fsp3) is 0.412. The summed E-state index contributed by atoms with van der Waals surface area (Å²) in [6.07, 6.45) is 1.31. The molecular weight excluding hydrogens is 347 g/mol. The average Bonchev–Trinajstić information content (AvgIpc) is 3.13. The van der Waals surface area contributed by atoms with E-state index in [4.69, 9.17) is 23.2 Å². The molecule has 2 N–H and O–H groups in total. The highest BCUT2D eigenvalue weighted by atomic mass is 35.5. The van der Waals surface area contributed by atoms with Gasteiger partial charge >= 0.3 is 0 Å². The van der Waals surface area contributed by atoms with E-state index in [0.29, 0.717) is 16.5 Å². The minimum absolute atomic E-state index is 0.0311. The largest absolute Gasteiger partial charge is 0.352 e. The van der Waals surface area contributed by atoms with Crippen molar-refractivity contribution >= 4 is 29.1 Å². The number of rotatable bonds is 4. The predicted molar refractivity (Wildman–Crippen MR) is 96.2 cm³/mol. The Morgan fingerprint density at radius 2 is 2.17 bits per heavy atom. The molecule has 1 saturated heterocycles. The fourth-order valence-electron chi connectivity index (χ4n) is 3.02. The maximum absolute atomic E-state index is 12.3. The molecule has 1 aliphatic rings. The SMILES string of the molecule is Cc1nn(-c2ccc(Cl)c(Cl)c2)c(C)c1CC(=O)NC1CCNC1. The molecule has 1 aromatic heterocycles. The molecule has 24 heavy (non-hydrogen) atoms. The Morgan fingerprint density at radius 3 is 2.83 bits per heavy atom. The molecule has 128 valence electrons. The molecule has 1 aromatic carbocycles. The van der Waals surface area contributed by atoms with Crippen molar-refractivity contribution in [2.75, 3.05) is 13.1 Å². The maximum Gasteiger partial charge on any atom is 0.224 e. The number of benzene rings is 1. The van der Waals surface area contributed by atoms with Gasteiger partial charge in [0.15, 0.2) is 0 Å². The third-order valence-corrected chi connectivity index (χ3v) is 5.09. The monoisotopic (exact) mass is 366 g/mol. The molecule has 1 amide bonds. The lowest BCUT2D eigenvalue weighted by Crippen LogP contribution is -2.37. The zero-order valence-corrected chi connectivity index (χ0v) is 15.2. The van der Waals surface area contributed by atoms with E-state index < -0.39 is 0 Å². The predicted octanol–water partition coefficient (Wildman–Crippen LogP) is 2.82. The highest BCUT2D eigenvalue weighted by Crippen LogP contribution is 2.26. The first-order valence-corrected chi connectivity index (χ1v) is 8.72. The molecule has 0 radical (unpaired) electrons. The van der Waals surface area contributed by atoms with Crippen LogP contribution >= 0.6 is 23.2 Å². The zero-order chi connectivity index (χ0) is 17.3. The van der Waals surface area contributed by atoms with Crippen LogP contribution in [0, 0.1) is 13.8 Å². The van der Waals surface area contributed by atoms with Gasteiger partial charge in [-0.2, -0.15) is 5.10 Å². The van der Waals surface area contributed by atoms with Gasteiger partial charge in [0.25, 0.3) is 0 Å². The van der Waals surface area contributed by atoms with Crippen LogP contribution in [0.2, 0.25) is 10.0 Å². The van der Waals surface area contributed by atoms with Crippen LogP contribution in [0.25, 0.3) is 5.69 Å². The second-order valence-corrected chi connectivity index (χ2v) is 6.91. The van der Waals surface area contributed by atoms with Crippen molar-refractivity contribution in [3.8, 4) is 5.69 Å². The number of aryl methyl sites for hydroxylation is 1. The van der Waals surface area contributed by atoms with Crippen molar-refractivity contribution < 1.29 is 4.79 Å². The van der Waals surface area contributed by atoms with Crippen molar-refractivity contribution in [2.24, 2.45) is 0 Å². The highest BCUT2D eigenvalue weighted by Gasteiger charge is 2.20. The van der Waals surface area contributed by atoms with E-state index in [2.05, 4.69) is 15.7 Å². The minimum Gasteiger partial charge on any atom is -0.352 e. The first-order chi connectivity index (χ1) is 11.5. The smallest absolute Gasteiger partial charge is 0.224 e. The molecule has 2 heterocycles. The molecule has 1 fully saturated rings. The van der Waals surface area contributed by atoms with Gasteiger partial charge in [-0.1, -0.05) is 23.2 Å². The number of hydrogen-bond acceptors (Lipinski definition) is 3. The van der Waals surface area contributed by atoms with E-state index in [1.54, 1.807) is 16.8 Å². The molecular formula is C17H20Cl2N4O. The Kier molecular flexibility index (Phi) is 5.13. The molecule has 5 nitrogen and oxygen atoms in total. The molecule has 0 saturated carbocycles. The van der Waals surface area contributed by atoms with Crippen molar-refractivity contribution in [1.29, 1.82) is 0 Å². The third-order valence-electron chi connectivity index (χ3n) is 4.35. The summed E-state index contributed by atoms with van der Waals surface area (Å²) in [5.41, 5.74) is 3.56. The lowest BCUT2D eigenvalue weighted by atomic mass is 10.1. The van der Waals surface area contributed by atoms with Crippen LogP contribution in [0.4, 0.5) is 0 Å². The van der Waals surface area contributed by atoms with Gasteiger partial charge in [0.2, 0.25) is 5.91 Å². The van der Waals surface area contributed by atoms with Gasteiger partial charge in [0.1, 0.15) is 0 Å². The van der Waals surface area contributed by atoms with Crippen LogP contribution in [0.15, 0.2) is 18.2 Å². The number of nitrogens with zero attached hydrogens (tertiary/aromatic N) is 2. The molecule has 3 rings (SSSR count). The van der Waals surface area contributed by atoms with E-state index in [1.807, 2.05) is 19.9 Å². The summed E-state index contributed by atoms with van der Waals surface area (Å²) >= 11 is 12.1. The van der Waals surface area contributed by atoms with Gasteiger partial charge < -0.3 is 10.6 Å². The summed E-state index contributed by atoms with van der Waals surface area (Å²) in [6.45, 7) is 5.67. The van der Waals surface area contributed by atoms with Crippen molar-refractivity contribution in [1.82, 2.24) is 20.4 Å². The Morgan fingerprint density at radius 1 is 1.38 bits per heavy atom. The first-order valence-electron chi connectivity index (χ1n) is 7.96. The Labute approximate surface area is 151 Å². The van der Waals surface area contributed by atoms with Gasteiger partial charge in [-0.15, -0.1) is 0 Å². The average molecular weight is 367 g/mol. The maximum atomic E-state index is 12.3. The van der Waals surface area contributed by atoms with Crippen LogP contribution < -0.4 is 10.6 Å². The van der Waals surface area contributed by atoms with E-state index in [0.717, 1.165) is 42.1 Å². The Hall–Kier alpha value is -1.56. The lowest BCUT2D eigenvalue weighted by Gasteiger charge is -2.11. The van der Waals surface area contributed by atoms with E-state index in [9.17, 15) is 4.79 Å². The van der Waals surface area contributed by atoms with Gasteiger partial charge in [-0.3, -0.25) is 4.79 Å². The van der Waals surface area contributed by atoms with E-state index in [1.165, 1.54) is 0 Å². The van der Waals surface area contributed by atoms with Crippen LogP contribution in [0.5, 0.6) is 0 Å². The summed E-state index contributed by atoms with van der Waals surface area (Å²) in [7, 11) is 0.